The lowest BCUT2D eigenvalue weighted by molar-refractivity contribution is -0.385. The molecule has 9 nitrogen and oxygen atoms in total. The molecule has 0 saturated carbocycles. The SMILES string of the molecule is C[C@H](NC(=O)COC(=O)c1cc2c(cc1[N+](=O)[O-])OCCO2)c1ccc(F)cc1. The Balaban J connectivity index is 1.64. The molecule has 0 unspecified atom stereocenters. The fourth-order valence-electron chi connectivity index (χ4n) is 2.72. The van der Waals surface area contributed by atoms with Crippen molar-refractivity contribution in [2.45, 2.75) is 13.0 Å². The van der Waals surface area contributed by atoms with E-state index in [2.05, 4.69) is 5.32 Å². The van der Waals surface area contributed by atoms with Gasteiger partial charge in [-0.05, 0) is 24.6 Å². The topological polar surface area (TPSA) is 117 Å². The number of nitro benzene ring substituents is 1. The van der Waals surface area contributed by atoms with E-state index in [1.54, 1.807) is 6.92 Å². The number of ether oxygens (including phenoxy) is 3. The molecule has 1 N–H and O–H groups in total. The van der Waals surface area contributed by atoms with E-state index in [-0.39, 0.29) is 30.3 Å². The van der Waals surface area contributed by atoms with Crippen molar-refractivity contribution in [1.29, 1.82) is 0 Å². The monoisotopic (exact) mass is 404 g/mol. The van der Waals surface area contributed by atoms with E-state index in [1.807, 2.05) is 0 Å². The third-order valence-corrected chi connectivity index (χ3v) is 4.16. The molecule has 2 aromatic carbocycles. The lowest BCUT2D eigenvalue weighted by Crippen LogP contribution is -2.31. The first kappa shape index (κ1) is 20.1. The Morgan fingerprint density at radius 3 is 2.45 bits per heavy atom. The number of benzene rings is 2. The van der Waals surface area contributed by atoms with E-state index in [0.29, 0.717) is 5.56 Å². The minimum Gasteiger partial charge on any atom is -0.486 e. The summed E-state index contributed by atoms with van der Waals surface area (Å²) >= 11 is 0. The smallest absolute Gasteiger partial charge is 0.345 e. The number of nitrogens with zero attached hydrogens (tertiary/aromatic N) is 1. The second-order valence-corrected chi connectivity index (χ2v) is 6.19. The van der Waals surface area contributed by atoms with E-state index in [9.17, 15) is 24.1 Å². The molecule has 152 valence electrons. The lowest BCUT2D eigenvalue weighted by Gasteiger charge is -2.18. The molecule has 1 aliphatic heterocycles. The number of carbonyl (C=O) groups excluding carboxylic acids is 2. The zero-order chi connectivity index (χ0) is 21.0. The van der Waals surface area contributed by atoms with Crippen LogP contribution >= 0.6 is 0 Å². The molecule has 0 aliphatic carbocycles. The van der Waals surface area contributed by atoms with Crippen molar-refractivity contribution in [3.8, 4) is 11.5 Å². The molecule has 0 spiro atoms. The fourth-order valence-corrected chi connectivity index (χ4v) is 2.72. The lowest BCUT2D eigenvalue weighted by atomic mass is 10.1. The summed E-state index contributed by atoms with van der Waals surface area (Å²) in [7, 11) is 0. The first-order valence-electron chi connectivity index (χ1n) is 8.65. The van der Waals surface area contributed by atoms with Crippen molar-refractivity contribution in [1.82, 2.24) is 5.32 Å². The Morgan fingerprint density at radius 1 is 1.21 bits per heavy atom. The number of hydrogen-bond acceptors (Lipinski definition) is 7. The average Bonchev–Trinajstić information content (AvgIpc) is 2.71. The van der Waals surface area contributed by atoms with Crippen molar-refractivity contribution in [3.05, 3.63) is 63.5 Å². The molecule has 1 atom stereocenters. The van der Waals surface area contributed by atoms with Crippen LogP contribution < -0.4 is 14.8 Å². The molecule has 0 fully saturated rings. The van der Waals surface area contributed by atoms with Gasteiger partial charge in [-0.25, -0.2) is 9.18 Å². The minimum absolute atomic E-state index is 0.158. The van der Waals surface area contributed by atoms with Crippen molar-refractivity contribution in [2.24, 2.45) is 0 Å². The van der Waals surface area contributed by atoms with Crippen LogP contribution in [0, 0.1) is 15.9 Å². The van der Waals surface area contributed by atoms with Gasteiger partial charge < -0.3 is 19.5 Å². The molecule has 1 amide bonds. The normalized spacial score (nSPS) is 13.3. The number of nitrogens with one attached hydrogen (secondary N) is 1. The van der Waals surface area contributed by atoms with Gasteiger partial charge in [0.2, 0.25) is 0 Å². The number of fused-ring (bicyclic) bond motifs is 1. The highest BCUT2D eigenvalue weighted by atomic mass is 19.1. The van der Waals surface area contributed by atoms with Crippen LogP contribution in [0.5, 0.6) is 11.5 Å². The summed E-state index contributed by atoms with van der Waals surface area (Å²) in [6, 6.07) is 7.36. The number of carbonyl (C=O) groups is 2. The van der Waals surface area contributed by atoms with Gasteiger partial charge >= 0.3 is 5.97 Å². The highest BCUT2D eigenvalue weighted by Gasteiger charge is 2.27. The summed E-state index contributed by atoms with van der Waals surface area (Å²) < 4.78 is 28.5. The first-order valence-corrected chi connectivity index (χ1v) is 8.65. The first-order chi connectivity index (χ1) is 13.8. The summed E-state index contributed by atoms with van der Waals surface area (Å²) in [4.78, 5) is 34.9. The van der Waals surface area contributed by atoms with Gasteiger partial charge in [0.15, 0.2) is 18.1 Å². The second kappa shape index (κ2) is 8.55. The number of hydrogen-bond donors (Lipinski definition) is 1. The van der Waals surface area contributed by atoms with Crippen molar-refractivity contribution in [2.75, 3.05) is 19.8 Å². The van der Waals surface area contributed by atoms with Gasteiger partial charge in [-0.1, -0.05) is 12.1 Å². The van der Waals surface area contributed by atoms with E-state index >= 15 is 0 Å². The van der Waals surface area contributed by atoms with Crippen LogP contribution in [0.3, 0.4) is 0 Å². The van der Waals surface area contributed by atoms with Gasteiger partial charge in [0.1, 0.15) is 24.6 Å². The summed E-state index contributed by atoms with van der Waals surface area (Å²) in [6.07, 6.45) is 0. The van der Waals surface area contributed by atoms with Crippen LogP contribution in [-0.2, 0) is 9.53 Å². The Labute approximate surface area is 164 Å². The van der Waals surface area contributed by atoms with E-state index in [4.69, 9.17) is 14.2 Å². The zero-order valence-electron chi connectivity index (χ0n) is 15.3. The Hall–Kier alpha value is -3.69. The van der Waals surface area contributed by atoms with Gasteiger partial charge in [0.25, 0.3) is 11.6 Å². The Morgan fingerprint density at radius 2 is 1.83 bits per heavy atom. The molecule has 0 radical (unpaired) electrons. The maximum atomic E-state index is 13.0. The molecule has 2 aromatic rings. The van der Waals surface area contributed by atoms with E-state index in [1.165, 1.54) is 24.3 Å². The van der Waals surface area contributed by atoms with Gasteiger partial charge in [0.05, 0.1) is 17.0 Å². The van der Waals surface area contributed by atoms with Crippen molar-refractivity contribution in [3.63, 3.8) is 0 Å². The van der Waals surface area contributed by atoms with Gasteiger partial charge in [-0.15, -0.1) is 0 Å². The van der Waals surface area contributed by atoms with Crippen LogP contribution in [0.15, 0.2) is 36.4 Å². The predicted molar refractivity (Wildman–Crippen MR) is 97.3 cm³/mol. The summed E-state index contributed by atoms with van der Waals surface area (Å²) in [5.41, 5.74) is -0.202. The summed E-state index contributed by atoms with van der Waals surface area (Å²) in [5, 5.41) is 13.9. The van der Waals surface area contributed by atoms with Crippen LogP contribution in [0.25, 0.3) is 0 Å². The van der Waals surface area contributed by atoms with Crippen LogP contribution in [-0.4, -0.2) is 36.6 Å². The third-order valence-electron chi connectivity index (χ3n) is 4.16. The Kier molecular flexibility index (Phi) is 5.91. The number of amides is 1. The minimum atomic E-state index is -1.04. The molecule has 0 bridgehead atoms. The molecule has 10 heteroatoms. The highest BCUT2D eigenvalue weighted by Crippen LogP contribution is 2.36. The molecular weight excluding hydrogens is 387 g/mol. The molecule has 3 rings (SSSR count). The molecule has 1 heterocycles. The molecule has 0 aromatic heterocycles. The zero-order valence-corrected chi connectivity index (χ0v) is 15.3. The number of esters is 1. The van der Waals surface area contributed by atoms with Crippen molar-refractivity contribution >= 4 is 17.6 Å². The van der Waals surface area contributed by atoms with Crippen LogP contribution in [0.2, 0.25) is 0 Å². The number of rotatable bonds is 6. The van der Waals surface area contributed by atoms with E-state index in [0.717, 1.165) is 12.1 Å². The fraction of sp³-hybridized carbons (Fsp3) is 0.263. The summed E-state index contributed by atoms with van der Waals surface area (Å²) in [5.74, 6) is -1.72. The standard InChI is InChI=1S/C19H17FN2O7/c1-11(12-2-4-13(20)5-3-12)21-18(23)10-29-19(24)14-8-16-17(28-7-6-27-16)9-15(14)22(25)26/h2-5,8-9,11H,6-7,10H2,1H3,(H,21,23)/t11-/m0/s1. The van der Waals surface area contributed by atoms with Crippen LogP contribution in [0.4, 0.5) is 10.1 Å². The number of nitro groups is 1. The maximum absolute atomic E-state index is 13.0. The predicted octanol–water partition coefficient (Wildman–Crippen LogP) is 2.54. The van der Waals surface area contributed by atoms with Crippen LogP contribution in [0.1, 0.15) is 28.9 Å². The Bertz CT molecular complexity index is 946. The highest BCUT2D eigenvalue weighted by molar-refractivity contribution is 5.96. The largest absolute Gasteiger partial charge is 0.486 e. The van der Waals surface area contributed by atoms with Crippen molar-refractivity contribution < 1.29 is 33.1 Å². The maximum Gasteiger partial charge on any atom is 0.345 e. The van der Waals surface area contributed by atoms with E-state index < -0.39 is 41.0 Å². The second-order valence-electron chi connectivity index (χ2n) is 6.19. The average molecular weight is 404 g/mol. The molecule has 0 saturated heterocycles. The summed E-state index contributed by atoms with van der Waals surface area (Å²) in [6.45, 7) is 1.51. The molecular formula is C19H17FN2O7. The third kappa shape index (κ3) is 4.78. The van der Waals surface area contributed by atoms with Gasteiger partial charge in [-0.3, -0.25) is 14.9 Å². The molecule has 1 aliphatic rings. The quantitative estimate of drug-likeness (QED) is 0.447. The number of halogens is 1. The van der Waals surface area contributed by atoms with Gasteiger partial charge in [-0.2, -0.15) is 0 Å². The molecule has 29 heavy (non-hydrogen) atoms. The van der Waals surface area contributed by atoms with Gasteiger partial charge in [0, 0.05) is 6.07 Å².